The van der Waals surface area contributed by atoms with Crippen molar-refractivity contribution in [3.8, 4) is 5.82 Å². The molecule has 22 heavy (non-hydrogen) atoms. The van der Waals surface area contributed by atoms with Crippen LogP contribution in [0.4, 0.5) is 5.82 Å². The second-order valence-electron chi connectivity index (χ2n) is 5.30. The Balaban J connectivity index is 1.66. The Hall–Kier alpha value is -2.44. The molecule has 0 atom stereocenters. The van der Waals surface area contributed by atoms with Crippen LogP contribution in [0.5, 0.6) is 0 Å². The number of carbonyl (C=O) groups excluding carboxylic acids is 1. The molecular weight excluding hydrogens is 280 g/mol. The van der Waals surface area contributed by atoms with E-state index in [2.05, 4.69) is 20.0 Å². The number of carbonyl (C=O) groups is 1. The van der Waals surface area contributed by atoms with Crippen molar-refractivity contribution in [3.63, 3.8) is 0 Å². The molecule has 0 unspecified atom stereocenters. The first kappa shape index (κ1) is 14.5. The van der Waals surface area contributed by atoms with Crippen LogP contribution in [-0.4, -0.2) is 56.7 Å². The number of anilines is 1. The predicted molar refractivity (Wildman–Crippen MR) is 82.9 cm³/mol. The molecule has 0 radical (unpaired) electrons. The fourth-order valence-corrected chi connectivity index (χ4v) is 2.60. The maximum absolute atomic E-state index is 11.9. The summed E-state index contributed by atoms with van der Waals surface area (Å²) in [6.07, 6.45) is 6.67. The summed E-state index contributed by atoms with van der Waals surface area (Å²) in [5.74, 6) is 1.88. The first-order valence-electron chi connectivity index (χ1n) is 7.62. The standard InChI is InChI=1S/C15H20N6O/c1-2-4-15(22)20-9-7-19(8-10-20)13-11-14(17-12-16-13)21-6-3-5-18-21/h3,5-6,11-12H,2,4,7-10H2,1H3. The molecule has 2 aromatic rings. The summed E-state index contributed by atoms with van der Waals surface area (Å²) in [6.45, 7) is 5.13. The lowest BCUT2D eigenvalue weighted by Crippen LogP contribution is -2.49. The quantitative estimate of drug-likeness (QED) is 0.846. The van der Waals surface area contributed by atoms with E-state index in [0.717, 1.165) is 44.2 Å². The highest BCUT2D eigenvalue weighted by Gasteiger charge is 2.21. The largest absolute Gasteiger partial charge is 0.353 e. The van der Waals surface area contributed by atoms with Gasteiger partial charge in [0.25, 0.3) is 0 Å². The van der Waals surface area contributed by atoms with E-state index in [1.807, 2.05) is 30.2 Å². The molecule has 0 aliphatic carbocycles. The summed E-state index contributed by atoms with van der Waals surface area (Å²) >= 11 is 0. The first-order valence-corrected chi connectivity index (χ1v) is 7.62. The Kier molecular flexibility index (Phi) is 4.32. The molecule has 1 saturated heterocycles. The van der Waals surface area contributed by atoms with E-state index >= 15 is 0 Å². The predicted octanol–water partition coefficient (Wildman–Crippen LogP) is 1.11. The smallest absolute Gasteiger partial charge is 0.222 e. The van der Waals surface area contributed by atoms with Crippen LogP contribution < -0.4 is 4.90 Å². The van der Waals surface area contributed by atoms with Gasteiger partial charge < -0.3 is 9.80 Å². The van der Waals surface area contributed by atoms with Gasteiger partial charge in [0, 0.05) is 51.1 Å². The van der Waals surface area contributed by atoms with Crippen molar-refractivity contribution >= 4 is 11.7 Å². The van der Waals surface area contributed by atoms with E-state index in [1.54, 1.807) is 17.2 Å². The van der Waals surface area contributed by atoms with Crippen LogP contribution >= 0.6 is 0 Å². The number of aromatic nitrogens is 4. The highest BCUT2D eigenvalue weighted by molar-refractivity contribution is 5.76. The highest BCUT2D eigenvalue weighted by atomic mass is 16.2. The average Bonchev–Trinajstić information content (AvgIpc) is 3.10. The molecule has 1 aliphatic heterocycles. The lowest BCUT2D eigenvalue weighted by molar-refractivity contribution is -0.131. The zero-order valence-corrected chi connectivity index (χ0v) is 12.7. The van der Waals surface area contributed by atoms with E-state index in [1.165, 1.54) is 0 Å². The van der Waals surface area contributed by atoms with Crippen molar-refractivity contribution in [2.45, 2.75) is 19.8 Å². The third-order valence-corrected chi connectivity index (χ3v) is 3.80. The molecule has 1 fully saturated rings. The summed E-state index contributed by atoms with van der Waals surface area (Å²) in [5, 5.41) is 4.18. The Morgan fingerprint density at radius 3 is 2.64 bits per heavy atom. The van der Waals surface area contributed by atoms with Crippen molar-refractivity contribution in [3.05, 3.63) is 30.9 Å². The van der Waals surface area contributed by atoms with Gasteiger partial charge in [0.1, 0.15) is 12.1 Å². The lowest BCUT2D eigenvalue weighted by Gasteiger charge is -2.35. The van der Waals surface area contributed by atoms with Crippen molar-refractivity contribution in [1.29, 1.82) is 0 Å². The van der Waals surface area contributed by atoms with Crippen molar-refractivity contribution in [2.75, 3.05) is 31.1 Å². The molecule has 1 amide bonds. The number of hydrogen-bond acceptors (Lipinski definition) is 5. The molecule has 0 saturated carbocycles. The normalized spacial score (nSPS) is 15.1. The number of rotatable bonds is 4. The molecule has 3 heterocycles. The maximum atomic E-state index is 11.9. The summed E-state index contributed by atoms with van der Waals surface area (Å²) in [6, 6.07) is 3.79. The minimum atomic E-state index is 0.252. The Morgan fingerprint density at radius 1 is 1.18 bits per heavy atom. The maximum Gasteiger partial charge on any atom is 0.222 e. The van der Waals surface area contributed by atoms with Gasteiger partial charge in [-0.1, -0.05) is 6.92 Å². The van der Waals surface area contributed by atoms with Gasteiger partial charge in [-0.25, -0.2) is 14.6 Å². The zero-order valence-electron chi connectivity index (χ0n) is 12.7. The van der Waals surface area contributed by atoms with Crippen molar-refractivity contribution in [1.82, 2.24) is 24.6 Å². The van der Waals surface area contributed by atoms with Gasteiger partial charge in [0.05, 0.1) is 0 Å². The van der Waals surface area contributed by atoms with E-state index in [-0.39, 0.29) is 5.91 Å². The third kappa shape index (κ3) is 3.08. The average molecular weight is 300 g/mol. The van der Waals surface area contributed by atoms with Crippen molar-refractivity contribution in [2.24, 2.45) is 0 Å². The third-order valence-electron chi connectivity index (χ3n) is 3.80. The molecule has 3 rings (SSSR count). The van der Waals surface area contributed by atoms with Crippen LogP contribution in [0.3, 0.4) is 0 Å². The molecule has 0 bridgehead atoms. The Bertz CT molecular complexity index is 619. The van der Waals surface area contributed by atoms with E-state index < -0.39 is 0 Å². The monoisotopic (exact) mass is 300 g/mol. The number of hydrogen-bond donors (Lipinski definition) is 0. The van der Waals surface area contributed by atoms with Gasteiger partial charge in [0.15, 0.2) is 5.82 Å². The molecule has 0 aromatic carbocycles. The summed E-state index contributed by atoms with van der Waals surface area (Å²) < 4.78 is 1.71. The van der Waals surface area contributed by atoms with Gasteiger partial charge in [-0.05, 0) is 12.5 Å². The second-order valence-corrected chi connectivity index (χ2v) is 5.30. The molecule has 116 valence electrons. The number of amides is 1. The second kappa shape index (κ2) is 6.55. The van der Waals surface area contributed by atoms with Gasteiger partial charge in [-0.3, -0.25) is 4.79 Å². The van der Waals surface area contributed by atoms with Crippen LogP contribution in [0.1, 0.15) is 19.8 Å². The molecule has 0 N–H and O–H groups in total. The van der Waals surface area contributed by atoms with Crippen molar-refractivity contribution < 1.29 is 4.79 Å². The molecule has 0 spiro atoms. The molecule has 7 nitrogen and oxygen atoms in total. The van der Waals surface area contributed by atoms with E-state index in [0.29, 0.717) is 6.42 Å². The Labute approximate surface area is 129 Å². The highest BCUT2D eigenvalue weighted by Crippen LogP contribution is 2.16. The molecule has 1 aliphatic rings. The topological polar surface area (TPSA) is 67.2 Å². The van der Waals surface area contributed by atoms with E-state index in [9.17, 15) is 4.79 Å². The first-order chi connectivity index (χ1) is 10.8. The van der Waals surface area contributed by atoms with Crippen LogP contribution in [0.25, 0.3) is 5.82 Å². The molecule has 7 heteroatoms. The van der Waals surface area contributed by atoms with E-state index in [4.69, 9.17) is 0 Å². The zero-order chi connectivity index (χ0) is 15.4. The summed E-state index contributed by atoms with van der Waals surface area (Å²) in [4.78, 5) is 24.6. The van der Waals surface area contributed by atoms with Gasteiger partial charge >= 0.3 is 0 Å². The molecular formula is C15H20N6O. The van der Waals surface area contributed by atoms with Crippen LogP contribution in [0.2, 0.25) is 0 Å². The minimum absolute atomic E-state index is 0.252. The SMILES string of the molecule is CCCC(=O)N1CCN(c2cc(-n3cccn3)ncn2)CC1. The minimum Gasteiger partial charge on any atom is -0.353 e. The van der Waals surface area contributed by atoms with Gasteiger partial charge in [0.2, 0.25) is 5.91 Å². The fourth-order valence-electron chi connectivity index (χ4n) is 2.60. The molecule has 2 aromatic heterocycles. The number of piperazine rings is 1. The van der Waals surface area contributed by atoms with Crippen LogP contribution in [0.15, 0.2) is 30.9 Å². The summed E-state index contributed by atoms with van der Waals surface area (Å²) in [5.41, 5.74) is 0. The van der Waals surface area contributed by atoms with Crippen LogP contribution in [-0.2, 0) is 4.79 Å². The number of nitrogens with zero attached hydrogens (tertiary/aromatic N) is 6. The summed E-state index contributed by atoms with van der Waals surface area (Å²) in [7, 11) is 0. The van der Waals surface area contributed by atoms with Gasteiger partial charge in [-0.2, -0.15) is 5.10 Å². The fraction of sp³-hybridized carbons (Fsp3) is 0.467. The Morgan fingerprint density at radius 2 is 1.95 bits per heavy atom. The lowest BCUT2D eigenvalue weighted by atomic mass is 10.2. The van der Waals surface area contributed by atoms with Gasteiger partial charge in [-0.15, -0.1) is 0 Å². The van der Waals surface area contributed by atoms with Crippen LogP contribution in [0, 0.1) is 0 Å².